The van der Waals surface area contributed by atoms with E-state index in [4.69, 9.17) is 4.74 Å². The highest BCUT2D eigenvalue weighted by Gasteiger charge is 2.45. The van der Waals surface area contributed by atoms with Crippen LogP contribution in [0.1, 0.15) is 37.4 Å². The summed E-state index contributed by atoms with van der Waals surface area (Å²) in [5, 5.41) is 11.1. The van der Waals surface area contributed by atoms with Crippen molar-refractivity contribution in [2.45, 2.75) is 26.3 Å². The van der Waals surface area contributed by atoms with Crippen molar-refractivity contribution in [2.75, 3.05) is 33.8 Å². The van der Waals surface area contributed by atoms with Crippen LogP contribution in [-0.4, -0.2) is 65.4 Å². The number of carbonyl (C=O) groups excluding carboxylic acids is 2. The monoisotopic (exact) mass is 437 g/mol. The van der Waals surface area contributed by atoms with Gasteiger partial charge in [-0.3, -0.25) is 14.6 Å². The Morgan fingerprint density at radius 2 is 1.91 bits per heavy atom. The highest BCUT2D eigenvalue weighted by Crippen LogP contribution is 2.39. The molecule has 0 radical (unpaired) electrons. The van der Waals surface area contributed by atoms with Gasteiger partial charge in [-0.2, -0.15) is 0 Å². The van der Waals surface area contributed by atoms with Gasteiger partial charge in [0.25, 0.3) is 11.7 Å². The molecule has 2 aromatic rings. The van der Waals surface area contributed by atoms with Crippen molar-refractivity contribution in [1.82, 2.24) is 14.8 Å². The lowest BCUT2D eigenvalue weighted by molar-refractivity contribution is -0.139. The molecule has 0 unspecified atom stereocenters. The number of benzene rings is 1. The van der Waals surface area contributed by atoms with Crippen LogP contribution in [0.4, 0.5) is 0 Å². The molecule has 1 amide bonds. The molecule has 2 heterocycles. The van der Waals surface area contributed by atoms with E-state index in [1.165, 1.54) is 4.90 Å². The minimum atomic E-state index is -0.679. The fourth-order valence-electron chi connectivity index (χ4n) is 3.68. The molecule has 1 atom stereocenters. The number of likely N-dealkylation sites (tertiary alicyclic amines) is 1. The second-order valence-corrected chi connectivity index (χ2v) is 8.66. The molecule has 7 heteroatoms. The maximum Gasteiger partial charge on any atom is 0.295 e. The van der Waals surface area contributed by atoms with Crippen LogP contribution in [0.25, 0.3) is 5.76 Å². The molecule has 1 fully saturated rings. The fourth-order valence-corrected chi connectivity index (χ4v) is 3.68. The fraction of sp³-hybridized carbons (Fsp3) is 0.400. The average molecular weight is 438 g/mol. The standard InChI is InChI=1S/C25H31N3O4/c1-17(2)16-32-20-10-8-18(9-11-20)23(29)21-22(19-7-5-12-26-15-19)28(25(31)24(21)30)14-6-13-27(3)4/h5,7-12,15,17,22,29H,6,13-14,16H2,1-4H3/b23-21+/t22-/m1/s1. The van der Waals surface area contributed by atoms with Crippen LogP contribution in [0, 0.1) is 5.92 Å². The van der Waals surface area contributed by atoms with Crippen LogP contribution >= 0.6 is 0 Å². The van der Waals surface area contributed by atoms with Crippen LogP contribution in [0.2, 0.25) is 0 Å². The third-order valence-electron chi connectivity index (χ3n) is 5.26. The van der Waals surface area contributed by atoms with E-state index in [9.17, 15) is 14.7 Å². The number of aliphatic hydroxyl groups is 1. The Hall–Kier alpha value is -3.19. The van der Waals surface area contributed by atoms with Crippen molar-refractivity contribution in [2.24, 2.45) is 5.92 Å². The SMILES string of the molecule is CC(C)COc1ccc(/C(O)=C2\C(=O)C(=O)N(CCCN(C)C)[C@@H]2c2cccnc2)cc1. The molecule has 0 spiro atoms. The topological polar surface area (TPSA) is 83.0 Å². The molecule has 170 valence electrons. The van der Waals surface area contributed by atoms with Gasteiger partial charge in [0.2, 0.25) is 0 Å². The van der Waals surface area contributed by atoms with Gasteiger partial charge in [0.15, 0.2) is 0 Å². The van der Waals surface area contributed by atoms with Gasteiger partial charge in [0, 0.05) is 24.5 Å². The van der Waals surface area contributed by atoms with Crippen molar-refractivity contribution in [1.29, 1.82) is 0 Å². The van der Waals surface area contributed by atoms with Crippen molar-refractivity contribution in [3.8, 4) is 5.75 Å². The smallest absolute Gasteiger partial charge is 0.295 e. The molecule has 1 aromatic heterocycles. The summed E-state index contributed by atoms with van der Waals surface area (Å²) in [6.45, 7) is 5.90. The summed E-state index contributed by atoms with van der Waals surface area (Å²) in [7, 11) is 3.92. The normalized spacial score (nSPS) is 18.1. The Morgan fingerprint density at radius 1 is 1.19 bits per heavy atom. The lowest BCUT2D eigenvalue weighted by Gasteiger charge is -2.25. The average Bonchev–Trinajstić information content (AvgIpc) is 3.03. The third kappa shape index (κ3) is 5.34. The van der Waals surface area contributed by atoms with E-state index in [2.05, 4.69) is 18.8 Å². The summed E-state index contributed by atoms with van der Waals surface area (Å²) in [5.41, 5.74) is 1.24. The van der Waals surface area contributed by atoms with Crippen molar-refractivity contribution in [3.05, 3.63) is 65.5 Å². The lowest BCUT2D eigenvalue weighted by atomic mass is 9.96. The highest BCUT2D eigenvalue weighted by molar-refractivity contribution is 6.46. The number of ketones is 1. The number of nitrogens with zero attached hydrogens (tertiary/aromatic N) is 3. The van der Waals surface area contributed by atoms with Gasteiger partial charge < -0.3 is 19.6 Å². The molecular formula is C25H31N3O4. The van der Waals surface area contributed by atoms with Crippen LogP contribution in [0.5, 0.6) is 5.75 Å². The van der Waals surface area contributed by atoms with E-state index in [1.807, 2.05) is 25.1 Å². The van der Waals surface area contributed by atoms with E-state index in [-0.39, 0.29) is 11.3 Å². The Kier molecular flexibility index (Phi) is 7.64. The Bertz CT molecular complexity index is 968. The maximum absolute atomic E-state index is 13.0. The summed E-state index contributed by atoms with van der Waals surface area (Å²) in [4.78, 5) is 33.6. The van der Waals surface area contributed by atoms with Crippen LogP contribution in [-0.2, 0) is 9.59 Å². The summed E-state index contributed by atoms with van der Waals surface area (Å²) in [5.74, 6) is -0.394. The number of ether oxygens (including phenoxy) is 1. The van der Waals surface area contributed by atoms with Crippen LogP contribution in [0.3, 0.4) is 0 Å². The zero-order valence-corrected chi connectivity index (χ0v) is 19.1. The molecular weight excluding hydrogens is 406 g/mol. The number of rotatable bonds is 9. The molecule has 1 aromatic carbocycles. The van der Waals surface area contributed by atoms with Crippen molar-refractivity contribution in [3.63, 3.8) is 0 Å². The molecule has 1 aliphatic rings. The molecule has 32 heavy (non-hydrogen) atoms. The number of carbonyl (C=O) groups is 2. The number of hydrogen-bond acceptors (Lipinski definition) is 6. The molecule has 0 bridgehead atoms. The van der Waals surface area contributed by atoms with Crippen LogP contribution in [0.15, 0.2) is 54.4 Å². The van der Waals surface area contributed by atoms with Crippen molar-refractivity contribution >= 4 is 17.4 Å². The number of hydrogen-bond donors (Lipinski definition) is 1. The van der Waals surface area contributed by atoms with Crippen LogP contribution < -0.4 is 4.74 Å². The van der Waals surface area contributed by atoms with Gasteiger partial charge in [0.05, 0.1) is 18.2 Å². The molecule has 0 aliphatic carbocycles. The predicted molar refractivity (Wildman–Crippen MR) is 123 cm³/mol. The second-order valence-electron chi connectivity index (χ2n) is 8.66. The predicted octanol–water partition coefficient (Wildman–Crippen LogP) is 3.49. The quantitative estimate of drug-likeness (QED) is 0.367. The molecule has 7 nitrogen and oxygen atoms in total. The lowest BCUT2D eigenvalue weighted by Crippen LogP contribution is -2.32. The first kappa shape index (κ1) is 23.5. The number of aromatic nitrogens is 1. The number of Topliss-reactive ketones (excluding diaryl/α,β-unsaturated/α-hetero) is 1. The largest absolute Gasteiger partial charge is 0.507 e. The first-order valence-corrected chi connectivity index (χ1v) is 10.9. The molecule has 1 N–H and O–H groups in total. The van der Waals surface area contributed by atoms with Gasteiger partial charge in [-0.25, -0.2) is 0 Å². The zero-order valence-electron chi connectivity index (χ0n) is 19.1. The second kappa shape index (κ2) is 10.4. The van der Waals surface area contributed by atoms with E-state index >= 15 is 0 Å². The molecule has 3 rings (SSSR count). The van der Waals surface area contributed by atoms with E-state index < -0.39 is 17.7 Å². The Balaban J connectivity index is 1.96. The van der Waals surface area contributed by atoms with Gasteiger partial charge >= 0.3 is 0 Å². The van der Waals surface area contributed by atoms with Gasteiger partial charge in [-0.1, -0.05) is 19.9 Å². The molecule has 1 aliphatic heterocycles. The minimum Gasteiger partial charge on any atom is -0.507 e. The van der Waals surface area contributed by atoms with E-state index in [0.717, 1.165) is 6.54 Å². The first-order chi connectivity index (χ1) is 15.3. The highest BCUT2D eigenvalue weighted by atomic mass is 16.5. The summed E-state index contributed by atoms with van der Waals surface area (Å²) in [6.07, 6.45) is 3.97. The van der Waals surface area contributed by atoms with Gasteiger partial charge in [0.1, 0.15) is 11.5 Å². The molecule has 0 saturated carbocycles. The third-order valence-corrected chi connectivity index (χ3v) is 5.26. The van der Waals surface area contributed by atoms with E-state index in [0.29, 0.717) is 42.4 Å². The van der Waals surface area contributed by atoms with E-state index in [1.54, 1.807) is 42.7 Å². The van der Waals surface area contributed by atoms with Gasteiger partial charge in [-0.05, 0) is 68.9 Å². The molecule has 1 saturated heterocycles. The number of amides is 1. The Labute approximate surface area is 189 Å². The maximum atomic E-state index is 13.0. The van der Waals surface area contributed by atoms with Crippen molar-refractivity contribution < 1.29 is 19.4 Å². The number of pyridine rings is 1. The summed E-state index contributed by atoms with van der Waals surface area (Å²) in [6, 6.07) is 9.81. The minimum absolute atomic E-state index is 0.0868. The first-order valence-electron chi connectivity index (χ1n) is 10.9. The summed E-state index contributed by atoms with van der Waals surface area (Å²) < 4.78 is 5.70. The summed E-state index contributed by atoms with van der Waals surface area (Å²) >= 11 is 0. The zero-order chi connectivity index (χ0) is 23.3. The van der Waals surface area contributed by atoms with Gasteiger partial charge in [-0.15, -0.1) is 0 Å². The Morgan fingerprint density at radius 3 is 2.50 bits per heavy atom. The number of aliphatic hydroxyl groups excluding tert-OH is 1.